The Hall–Kier alpha value is -1.10. The van der Waals surface area contributed by atoms with Gasteiger partial charge >= 0.3 is 0 Å². The number of nitrogen functional groups attached to an aromatic ring is 1. The van der Waals surface area contributed by atoms with Gasteiger partial charge < -0.3 is 15.6 Å². The van der Waals surface area contributed by atoms with Gasteiger partial charge in [0.1, 0.15) is 0 Å². The summed E-state index contributed by atoms with van der Waals surface area (Å²) in [4.78, 5) is 3.81. The molecule has 0 fully saturated rings. The van der Waals surface area contributed by atoms with Crippen LogP contribution in [0.15, 0.2) is 4.52 Å². The highest BCUT2D eigenvalue weighted by Crippen LogP contribution is 1.96. The first-order valence-electron chi connectivity index (χ1n) is 3.05. The number of rotatable bonds is 3. The summed E-state index contributed by atoms with van der Waals surface area (Å²) in [6.45, 7) is 0.821. The Balaban J connectivity index is 2.42. The first kappa shape index (κ1) is 7.01. The van der Waals surface area contributed by atoms with Crippen LogP contribution in [0.3, 0.4) is 0 Å². The third kappa shape index (κ3) is 1.70. The molecule has 0 bridgehead atoms. The third-order valence-corrected chi connectivity index (χ3v) is 1.07. The Morgan fingerprint density at radius 1 is 1.70 bits per heavy atom. The topological polar surface area (TPSA) is 77.0 Å². The van der Waals surface area contributed by atoms with Crippen LogP contribution in [0.4, 0.5) is 5.95 Å². The molecule has 1 aromatic rings. The molecular formula is C5H10N4O. The van der Waals surface area contributed by atoms with E-state index in [9.17, 15) is 0 Å². The van der Waals surface area contributed by atoms with Crippen molar-refractivity contribution in [2.45, 2.75) is 6.42 Å². The van der Waals surface area contributed by atoms with E-state index in [0.29, 0.717) is 5.89 Å². The summed E-state index contributed by atoms with van der Waals surface area (Å²) in [5, 5.41) is 6.39. The van der Waals surface area contributed by atoms with Crippen LogP contribution in [-0.2, 0) is 6.42 Å². The number of anilines is 1. The minimum absolute atomic E-state index is 0.200. The van der Waals surface area contributed by atoms with Gasteiger partial charge in [0.2, 0.25) is 5.89 Å². The zero-order valence-corrected chi connectivity index (χ0v) is 5.79. The molecule has 0 spiro atoms. The summed E-state index contributed by atoms with van der Waals surface area (Å²) in [5.74, 6) is 0.776. The summed E-state index contributed by atoms with van der Waals surface area (Å²) in [7, 11) is 1.86. The maximum Gasteiger partial charge on any atom is 0.260 e. The lowest BCUT2D eigenvalue weighted by Crippen LogP contribution is -2.10. The lowest BCUT2D eigenvalue weighted by atomic mass is 10.4. The fourth-order valence-electron chi connectivity index (χ4n) is 0.602. The van der Waals surface area contributed by atoms with Crippen LogP contribution in [0.2, 0.25) is 0 Å². The molecule has 0 aliphatic rings. The standard InChI is InChI=1S/C5H10N4O/c1-7-3-2-4-8-5(6)9-10-4/h7H,2-3H2,1H3,(H2,6,9). The maximum absolute atomic E-state index is 5.21. The Labute approximate surface area is 58.6 Å². The summed E-state index contributed by atoms with van der Waals surface area (Å²) in [6.07, 6.45) is 0.723. The van der Waals surface area contributed by atoms with E-state index in [0.717, 1.165) is 13.0 Å². The predicted octanol–water partition coefficient (Wildman–Crippen LogP) is -0.586. The Morgan fingerprint density at radius 2 is 2.50 bits per heavy atom. The first-order chi connectivity index (χ1) is 4.83. The number of nitrogens with one attached hydrogen (secondary N) is 1. The number of nitrogens with zero attached hydrogens (tertiary/aromatic N) is 2. The highest BCUT2D eigenvalue weighted by molar-refractivity contribution is 5.10. The molecular weight excluding hydrogens is 132 g/mol. The molecule has 5 heteroatoms. The molecule has 10 heavy (non-hydrogen) atoms. The number of nitrogens with two attached hydrogens (primary N) is 1. The molecule has 0 radical (unpaired) electrons. The quantitative estimate of drug-likeness (QED) is 0.590. The van der Waals surface area contributed by atoms with Crippen LogP contribution in [0.25, 0.3) is 0 Å². The fraction of sp³-hybridized carbons (Fsp3) is 0.600. The Kier molecular flexibility index (Phi) is 2.22. The average molecular weight is 142 g/mol. The monoisotopic (exact) mass is 142 g/mol. The van der Waals surface area contributed by atoms with Gasteiger partial charge in [-0.05, 0) is 12.2 Å². The lowest BCUT2D eigenvalue weighted by molar-refractivity contribution is 0.378. The molecule has 0 aromatic carbocycles. The molecule has 0 saturated carbocycles. The molecule has 0 unspecified atom stereocenters. The SMILES string of the molecule is CNCCc1nc(N)no1. The fourth-order valence-corrected chi connectivity index (χ4v) is 0.602. The second kappa shape index (κ2) is 3.17. The molecule has 1 heterocycles. The summed E-state index contributed by atoms with van der Waals surface area (Å²) >= 11 is 0. The molecule has 0 amide bonds. The minimum Gasteiger partial charge on any atom is -0.365 e. The van der Waals surface area contributed by atoms with Crippen molar-refractivity contribution in [3.8, 4) is 0 Å². The van der Waals surface area contributed by atoms with Gasteiger partial charge in [-0.1, -0.05) is 0 Å². The van der Waals surface area contributed by atoms with Crippen LogP contribution in [0.1, 0.15) is 5.89 Å². The van der Waals surface area contributed by atoms with E-state index in [1.54, 1.807) is 0 Å². The van der Waals surface area contributed by atoms with Crippen LogP contribution < -0.4 is 11.1 Å². The van der Waals surface area contributed by atoms with E-state index in [1.807, 2.05) is 7.05 Å². The summed E-state index contributed by atoms with van der Waals surface area (Å²) in [5.41, 5.74) is 5.21. The van der Waals surface area contributed by atoms with Gasteiger partial charge in [0.25, 0.3) is 5.95 Å². The van der Waals surface area contributed by atoms with Crippen molar-refractivity contribution in [1.29, 1.82) is 0 Å². The van der Waals surface area contributed by atoms with Crippen molar-refractivity contribution < 1.29 is 4.52 Å². The average Bonchev–Trinajstić information content (AvgIpc) is 2.31. The second-order valence-corrected chi connectivity index (χ2v) is 1.90. The van der Waals surface area contributed by atoms with Crippen molar-refractivity contribution in [3.63, 3.8) is 0 Å². The highest BCUT2D eigenvalue weighted by Gasteiger charge is 1.99. The molecule has 0 aliphatic carbocycles. The maximum atomic E-state index is 5.21. The molecule has 0 saturated heterocycles. The number of aromatic nitrogens is 2. The van der Waals surface area contributed by atoms with Gasteiger partial charge in [-0.25, -0.2) is 0 Å². The second-order valence-electron chi connectivity index (χ2n) is 1.90. The normalized spacial score (nSPS) is 10.1. The number of hydrogen-bond donors (Lipinski definition) is 2. The van der Waals surface area contributed by atoms with E-state index in [1.165, 1.54) is 0 Å². The van der Waals surface area contributed by atoms with E-state index < -0.39 is 0 Å². The zero-order chi connectivity index (χ0) is 7.40. The largest absolute Gasteiger partial charge is 0.365 e. The van der Waals surface area contributed by atoms with Gasteiger partial charge in [-0.2, -0.15) is 4.98 Å². The van der Waals surface area contributed by atoms with Crippen LogP contribution in [-0.4, -0.2) is 23.7 Å². The number of likely N-dealkylation sites (N-methyl/N-ethyl adjacent to an activating group) is 1. The van der Waals surface area contributed by atoms with Gasteiger partial charge in [0.15, 0.2) is 0 Å². The van der Waals surface area contributed by atoms with E-state index in [2.05, 4.69) is 15.5 Å². The third-order valence-electron chi connectivity index (χ3n) is 1.07. The lowest BCUT2D eigenvalue weighted by Gasteiger charge is -1.89. The molecule has 1 aromatic heterocycles. The van der Waals surface area contributed by atoms with Crippen LogP contribution >= 0.6 is 0 Å². The smallest absolute Gasteiger partial charge is 0.260 e. The van der Waals surface area contributed by atoms with E-state index >= 15 is 0 Å². The van der Waals surface area contributed by atoms with Crippen molar-refractivity contribution in [1.82, 2.24) is 15.5 Å². The van der Waals surface area contributed by atoms with Crippen molar-refractivity contribution in [2.75, 3.05) is 19.3 Å². The van der Waals surface area contributed by atoms with Crippen molar-refractivity contribution >= 4 is 5.95 Å². The molecule has 56 valence electrons. The Bertz CT molecular complexity index is 197. The molecule has 0 atom stereocenters. The van der Waals surface area contributed by atoms with Gasteiger partial charge in [0, 0.05) is 13.0 Å². The number of hydrogen-bond acceptors (Lipinski definition) is 5. The summed E-state index contributed by atoms with van der Waals surface area (Å²) in [6, 6.07) is 0. The van der Waals surface area contributed by atoms with Crippen molar-refractivity contribution in [2.24, 2.45) is 0 Å². The van der Waals surface area contributed by atoms with E-state index in [-0.39, 0.29) is 5.95 Å². The molecule has 0 aliphatic heterocycles. The van der Waals surface area contributed by atoms with Crippen molar-refractivity contribution in [3.05, 3.63) is 5.89 Å². The highest BCUT2D eigenvalue weighted by atomic mass is 16.5. The first-order valence-corrected chi connectivity index (χ1v) is 3.05. The van der Waals surface area contributed by atoms with Gasteiger partial charge in [0.05, 0.1) is 0 Å². The van der Waals surface area contributed by atoms with E-state index in [4.69, 9.17) is 10.3 Å². The van der Waals surface area contributed by atoms with Gasteiger partial charge in [-0.3, -0.25) is 0 Å². The summed E-state index contributed by atoms with van der Waals surface area (Å²) < 4.78 is 4.74. The van der Waals surface area contributed by atoms with Crippen LogP contribution in [0, 0.1) is 0 Å². The zero-order valence-electron chi connectivity index (χ0n) is 5.79. The molecule has 5 nitrogen and oxygen atoms in total. The molecule has 1 rings (SSSR count). The van der Waals surface area contributed by atoms with Crippen LogP contribution in [0.5, 0.6) is 0 Å². The molecule has 3 N–H and O–H groups in total. The Morgan fingerprint density at radius 3 is 3.00 bits per heavy atom. The van der Waals surface area contributed by atoms with Gasteiger partial charge in [-0.15, -0.1) is 0 Å². The predicted molar refractivity (Wildman–Crippen MR) is 36.3 cm³/mol. The minimum atomic E-state index is 0.200.